The van der Waals surface area contributed by atoms with Crippen LogP contribution in [0, 0.1) is 0 Å². The van der Waals surface area contributed by atoms with E-state index in [0.717, 1.165) is 0 Å². The fraction of sp³-hybridized carbons (Fsp3) is 0.111. The van der Waals surface area contributed by atoms with E-state index < -0.39 is 18.1 Å². The Morgan fingerprint density at radius 3 is 2.47 bits per heavy atom. The van der Waals surface area contributed by atoms with Crippen molar-refractivity contribution >= 4 is 11.8 Å². The Balaban J connectivity index is 2.57. The molecule has 15 heavy (non-hydrogen) atoms. The molecule has 2 amide bonds. The average molecular weight is 210 g/mol. The number of carbonyl (C=O) groups is 2. The Kier molecular flexibility index (Phi) is 3.78. The number of amides is 2. The van der Waals surface area contributed by atoms with Crippen molar-refractivity contribution in [1.29, 1.82) is 0 Å². The van der Waals surface area contributed by atoms with Crippen molar-refractivity contribution < 1.29 is 19.5 Å². The summed E-state index contributed by atoms with van der Waals surface area (Å²) in [6.45, 7) is 0. The number of aliphatic hydroxyl groups is 1. The largest absolute Gasteiger partial charge is 0.360 e. The number of Topliss-reactive ketones (excluding diaryl/α,β-unsaturated/α-hetero) is 1. The summed E-state index contributed by atoms with van der Waals surface area (Å²) < 4.78 is 0. The van der Waals surface area contributed by atoms with Gasteiger partial charge in [-0.3, -0.25) is 4.79 Å². The molecule has 0 aliphatic carbocycles. The molecule has 1 aromatic rings. The lowest BCUT2D eigenvalue weighted by Gasteiger charge is -2.09. The molecule has 0 saturated heterocycles. The highest BCUT2D eigenvalue weighted by atomic mass is 16.7. The van der Waals surface area contributed by atoms with E-state index in [9.17, 15) is 14.7 Å². The standard InChI is InChI=1S/C9H10N2O4/c10-9(14)11-15-8(13)7(12)6-4-2-1-3-5-6/h1-5,8,13H,(H3,10,11,14). The van der Waals surface area contributed by atoms with Gasteiger partial charge in [0.25, 0.3) is 0 Å². The number of aliphatic hydroxyl groups excluding tert-OH is 1. The van der Waals surface area contributed by atoms with Crippen molar-refractivity contribution in [3.05, 3.63) is 35.9 Å². The first-order chi connectivity index (χ1) is 7.11. The highest BCUT2D eigenvalue weighted by Crippen LogP contribution is 2.03. The van der Waals surface area contributed by atoms with Crippen molar-refractivity contribution in [2.45, 2.75) is 6.29 Å². The van der Waals surface area contributed by atoms with Crippen molar-refractivity contribution in [2.75, 3.05) is 0 Å². The minimum atomic E-state index is -1.76. The molecule has 0 bridgehead atoms. The van der Waals surface area contributed by atoms with Crippen LogP contribution in [-0.4, -0.2) is 23.2 Å². The molecule has 4 N–H and O–H groups in total. The molecule has 80 valence electrons. The third-order valence-electron chi connectivity index (χ3n) is 1.55. The van der Waals surface area contributed by atoms with Crippen molar-refractivity contribution in [3.63, 3.8) is 0 Å². The first-order valence-corrected chi connectivity index (χ1v) is 4.09. The van der Waals surface area contributed by atoms with Gasteiger partial charge in [0.1, 0.15) is 0 Å². The molecule has 6 heteroatoms. The quantitative estimate of drug-likeness (QED) is 0.363. The van der Waals surface area contributed by atoms with Crippen LogP contribution in [-0.2, 0) is 4.84 Å². The van der Waals surface area contributed by atoms with Crippen LogP contribution >= 0.6 is 0 Å². The monoisotopic (exact) mass is 210 g/mol. The molecule has 0 radical (unpaired) electrons. The zero-order chi connectivity index (χ0) is 11.3. The molecule has 1 aromatic carbocycles. The van der Waals surface area contributed by atoms with E-state index in [-0.39, 0.29) is 5.56 Å². The van der Waals surface area contributed by atoms with Gasteiger partial charge in [0.15, 0.2) is 0 Å². The van der Waals surface area contributed by atoms with Gasteiger partial charge in [-0.25, -0.2) is 15.1 Å². The number of ketones is 1. The lowest BCUT2D eigenvalue weighted by molar-refractivity contribution is -0.103. The second-order valence-electron chi connectivity index (χ2n) is 2.67. The normalized spacial score (nSPS) is 11.8. The highest BCUT2D eigenvalue weighted by molar-refractivity contribution is 5.98. The van der Waals surface area contributed by atoms with Crippen LogP contribution in [0.25, 0.3) is 0 Å². The lowest BCUT2D eigenvalue weighted by Crippen LogP contribution is -2.37. The summed E-state index contributed by atoms with van der Waals surface area (Å²) in [6.07, 6.45) is -1.76. The highest BCUT2D eigenvalue weighted by Gasteiger charge is 2.18. The van der Waals surface area contributed by atoms with Crippen LogP contribution in [0.4, 0.5) is 4.79 Å². The van der Waals surface area contributed by atoms with Gasteiger partial charge in [0, 0.05) is 5.56 Å². The second-order valence-corrected chi connectivity index (χ2v) is 2.67. The molecule has 0 aliphatic rings. The van der Waals surface area contributed by atoms with E-state index in [1.807, 2.05) is 0 Å². The van der Waals surface area contributed by atoms with Gasteiger partial charge in [0.2, 0.25) is 12.1 Å². The molecule has 0 aromatic heterocycles. The molecule has 6 nitrogen and oxygen atoms in total. The van der Waals surface area contributed by atoms with E-state index in [1.54, 1.807) is 23.7 Å². The molecule has 1 atom stereocenters. The molecular formula is C9H10N2O4. The lowest BCUT2D eigenvalue weighted by atomic mass is 10.1. The Labute approximate surface area is 85.6 Å². The number of rotatable bonds is 4. The Morgan fingerprint density at radius 1 is 1.33 bits per heavy atom. The first kappa shape index (κ1) is 11.2. The zero-order valence-electron chi connectivity index (χ0n) is 7.71. The number of urea groups is 1. The topological polar surface area (TPSA) is 102 Å². The Hall–Kier alpha value is -1.92. The molecular weight excluding hydrogens is 200 g/mol. The van der Waals surface area contributed by atoms with Gasteiger partial charge < -0.3 is 10.8 Å². The summed E-state index contributed by atoms with van der Waals surface area (Å²) in [7, 11) is 0. The third kappa shape index (κ3) is 3.37. The molecule has 0 heterocycles. The van der Waals surface area contributed by atoms with Crippen LogP contribution in [0.3, 0.4) is 0 Å². The number of primary amides is 1. The number of hydrogen-bond donors (Lipinski definition) is 3. The number of hydroxylamine groups is 1. The summed E-state index contributed by atoms with van der Waals surface area (Å²) in [5.41, 5.74) is 6.62. The summed E-state index contributed by atoms with van der Waals surface area (Å²) in [4.78, 5) is 25.9. The van der Waals surface area contributed by atoms with Gasteiger partial charge in [-0.2, -0.15) is 0 Å². The Bertz CT molecular complexity index is 352. The molecule has 0 spiro atoms. The minimum absolute atomic E-state index is 0.274. The van der Waals surface area contributed by atoms with Crippen LogP contribution in [0.15, 0.2) is 30.3 Å². The van der Waals surface area contributed by atoms with E-state index in [1.165, 1.54) is 12.1 Å². The summed E-state index contributed by atoms with van der Waals surface area (Å²) >= 11 is 0. The fourth-order valence-corrected chi connectivity index (χ4v) is 0.912. The zero-order valence-corrected chi connectivity index (χ0v) is 7.71. The maximum Gasteiger partial charge on any atom is 0.336 e. The van der Waals surface area contributed by atoms with Crippen molar-refractivity contribution in [2.24, 2.45) is 5.73 Å². The van der Waals surface area contributed by atoms with Gasteiger partial charge in [-0.1, -0.05) is 30.3 Å². The smallest absolute Gasteiger partial charge is 0.336 e. The maximum absolute atomic E-state index is 11.4. The summed E-state index contributed by atoms with van der Waals surface area (Å²) in [5.74, 6) is -0.663. The third-order valence-corrected chi connectivity index (χ3v) is 1.55. The number of nitrogens with one attached hydrogen (secondary N) is 1. The molecule has 0 saturated carbocycles. The van der Waals surface area contributed by atoms with Crippen LogP contribution < -0.4 is 11.2 Å². The Morgan fingerprint density at radius 2 is 1.93 bits per heavy atom. The molecule has 0 aliphatic heterocycles. The average Bonchev–Trinajstić information content (AvgIpc) is 2.26. The number of benzene rings is 1. The second kappa shape index (κ2) is 5.08. The van der Waals surface area contributed by atoms with Gasteiger partial charge >= 0.3 is 6.03 Å². The van der Waals surface area contributed by atoms with E-state index in [4.69, 9.17) is 0 Å². The number of nitrogens with two attached hydrogens (primary N) is 1. The fourth-order valence-electron chi connectivity index (χ4n) is 0.912. The SMILES string of the molecule is NC(=O)NOC(O)C(=O)c1ccccc1. The van der Waals surface area contributed by atoms with Crippen molar-refractivity contribution in [1.82, 2.24) is 5.48 Å². The van der Waals surface area contributed by atoms with Gasteiger partial charge in [-0.15, -0.1) is 0 Å². The molecule has 1 rings (SSSR count). The minimum Gasteiger partial charge on any atom is -0.360 e. The van der Waals surface area contributed by atoms with Crippen LogP contribution in [0.2, 0.25) is 0 Å². The molecule has 1 unspecified atom stereocenters. The van der Waals surface area contributed by atoms with Crippen LogP contribution in [0.1, 0.15) is 10.4 Å². The summed E-state index contributed by atoms with van der Waals surface area (Å²) in [5, 5.41) is 9.18. The van der Waals surface area contributed by atoms with E-state index in [2.05, 4.69) is 10.6 Å². The predicted molar refractivity (Wildman–Crippen MR) is 50.6 cm³/mol. The van der Waals surface area contributed by atoms with Crippen LogP contribution in [0.5, 0.6) is 0 Å². The number of hydrogen-bond acceptors (Lipinski definition) is 4. The summed E-state index contributed by atoms with van der Waals surface area (Å²) in [6, 6.07) is 7.04. The van der Waals surface area contributed by atoms with Gasteiger partial charge in [0.05, 0.1) is 0 Å². The van der Waals surface area contributed by atoms with E-state index >= 15 is 0 Å². The van der Waals surface area contributed by atoms with E-state index in [0.29, 0.717) is 0 Å². The molecule has 0 fully saturated rings. The van der Waals surface area contributed by atoms with Gasteiger partial charge in [-0.05, 0) is 0 Å². The first-order valence-electron chi connectivity index (χ1n) is 4.09. The van der Waals surface area contributed by atoms with Crippen molar-refractivity contribution in [3.8, 4) is 0 Å². The maximum atomic E-state index is 11.4. The predicted octanol–water partition coefficient (Wildman–Crippen LogP) is -0.212. The number of carbonyl (C=O) groups excluding carboxylic acids is 2.